The summed E-state index contributed by atoms with van der Waals surface area (Å²) in [6.07, 6.45) is 2.27. The average molecular weight is 271 g/mol. The van der Waals surface area contributed by atoms with Crippen LogP contribution in [0.3, 0.4) is 0 Å². The van der Waals surface area contributed by atoms with Crippen LogP contribution in [0.5, 0.6) is 0 Å². The number of carbonyl (C=O) groups is 2. The molecule has 1 N–H and O–H groups in total. The SMILES string of the molecule is CCOC(=O)CCNC1CCN(C(=O)N(C)C)CC1. The lowest BCUT2D eigenvalue weighted by atomic mass is 10.1. The Bertz CT molecular complexity index is 300. The zero-order chi connectivity index (χ0) is 14.3. The Hall–Kier alpha value is -1.30. The van der Waals surface area contributed by atoms with Crippen LogP contribution in [-0.2, 0) is 9.53 Å². The second-order valence-electron chi connectivity index (χ2n) is 4.95. The van der Waals surface area contributed by atoms with Crippen molar-refractivity contribution in [3.05, 3.63) is 0 Å². The Balaban J connectivity index is 2.16. The summed E-state index contributed by atoms with van der Waals surface area (Å²) < 4.78 is 4.87. The molecule has 1 aliphatic rings. The standard InChI is InChI=1S/C13H25N3O3/c1-4-19-12(17)5-8-14-11-6-9-16(10-7-11)13(18)15(2)3/h11,14H,4-10H2,1-3H3. The van der Waals surface area contributed by atoms with Gasteiger partial charge >= 0.3 is 12.0 Å². The number of nitrogens with one attached hydrogen (secondary N) is 1. The first kappa shape index (κ1) is 15.8. The van der Waals surface area contributed by atoms with Gasteiger partial charge in [0.1, 0.15) is 0 Å². The van der Waals surface area contributed by atoms with Crippen molar-refractivity contribution in [2.24, 2.45) is 0 Å². The smallest absolute Gasteiger partial charge is 0.319 e. The third-order valence-electron chi connectivity index (χ3n) is 3.22. The lowest BCUT2D eigenvalue weighted by Crippen LogP contribution is -2.48. The topological polar surface area (TPSA) is 61.9 Å². The van der Waals surface area contributed by atoms with Crippen molar-refractivity contribution < 1.29 is 14.3 Å². The van der Waals surface area contributed by atoms with Crippen LogP contribution in [0.1, 0.15) is 26.2 Å². The molecule has 0 spiro atoms. The highest BCUT2D eigenvalue weighted by Crippen LogP contribution is 2.11. The van der Waals surface area contributed by atoms with E-state index in [0.29, 0.717) is 25.6 Å². The van der Waals surface area contributed by atoms with E-state index in [1.807, 2.05) is 11.8 Å². The minimum atomic E-state index is -0.157. The molecule has 19 heavy (non-hydrogen) atoms. The van der Waals surface area contributed by atoms with Crippen LogP contribution >= 0.6 is 0 Å². The highest BCUT2D eigenvalue weighted by Gasteiger charge is 2.23. The van der Waals surface area contributed by atoms with Crippen molar-refractivity contribution in [3.8, 4) is 0 Å². The molecule has 0 aromatic heterocycles. The molecular formula is C13H25N3O3. The average Bonchev–Trinajstić information content (AvgIpc) is 2.39. The number of ether oxygens (including phenoxy) is 1. The maximum absolute atomic E-state index is 11.8. The molecule has 1 rings (SSSR count). The van der Waals surface area contributed by atoms with E-state index in [1.54, 1.807) is 19.0 Å². The Morgan fingerprint density at radius 1 is 1.32 bits per heavy atom. The number of hydrogen-bond acceptors (Lipinski definition) is 4. The van der Waals surface area contributed by atoms with E-state index in [1.165, 1.54) is 0 Å². The Morgan fingerprint density at radius 3 is 2.47 bits per heavy atom. The molecule has 2 amide bonds. The molecule has 0 aromatic carbocycles. The molecule has 1 heterocycles. The molecule has 0 atom stereocenters. The van der Waals surface area contributed by atoms with Gasteiger partial charge in [-0.3, -0.25) is 4.79 Å². The third-order valence-corrected chi connectivity index (χ3v) is 3.22. The molecule has 1 saturated heterocycles. The van der Waals surface area contributed by atoms with Gasteiger partial charge < -0.3 is 19.9 Å². The van der Waals surface area contributed by atoms with Gasteiger partial charge in [-0.25, -0.2) is 4.79 Å². The van der Waals surface area contributed by atoms with E-state index in [9.17, 15) is 9.59 Å². The Morgan fingerprint density at radius 2 is 1.95 bits per heavy atom. The maximum Gasteiger partial charge on any atom is 0.319 e. The molecule has 6 nitrogen and oxygen atoms in total. The number of amides is 2. The van der Waals surface area contributed by atoms with E-state index in [0.717, 1.165) is 25.9 Å². The van der Waals surface area contributed by atoms with Gasteiger partial charge in [-0.1, -0.05) is 0 Å². The first-order chi connectivity index (χ1) is 9.04. The van der Waals surface area contributed by atoms with Crippen LogP contribution in [0, 0.1) is 0 Å². The zero-order valence-corrected chi connectivity index (χ0v) is 12.1. The number of rotatable bonds is 5. The summed E-state index contributed by atoms with van der Waals surface area (Å²) in [6, 6.07) is 0.464. The predicted molar refractivity (Wildman–Crippen MR) is 72.9 cm³/mol. The highest BCUT2D eigenvalue weighted by atomic mass is 16.5. The molecule has 1 aliphatic heterocycles. The molecule has 0 saturated carbocycles. The lowest BCUT2D eigenvalue weighted by molar-refractivity contribution is -0.143. The predicted octanol–water partition coefficient (Wildman–Crippen LogP) is 0.675. The van der Waals surface area contributed by atoms with Gasteiger partial charge in [-0.15, -0.1) is 0 Å². The quantitative estimate of drug-likeness (QED) is 0.747. The van der Waals surface area contributed by atoms with Gasteiger partial charge in [-0.2, -0.15) is 0 Å². The van der Waals surface area contributed by atoms with E-state index in [-0.39, 0.29) is 12.0 Å². The van der Waals surface area contributed by atoms with Gasteiger partial charge in [0.05, 0.1) is 13.0 Å². The first-order valence-corrected chi connectivity index (χ1v) is 6.89. The van der Waals surface area contributed by atoms with Gasteiger partial charge in [-0.05, 0) is 19.8 Å². The molecule has 110 valence electrons. The van der Waals surface area contributed by atoms with Crippen LogP contribution in [0.4, 0.5) is 4.79 Å². The molecule has 0 bridgehead atoms. The lowest BCUT2D eigenvalue weighted by Gasteiger charge is -2.34. The van der Waals surface area contributed by atoms with E-state index in [4.69, 9.17) is 4.74 Å². The normalized spacial score (nSPS) is 16.3. The number of piperidine rings is 1. The van der Waals surface area contributed by atoms with Gasteiger partial charge in [0.15, 0.2) is 0 Å². The molecule has 0 aromatic rings. The zero-order valence-electron chi connectivity index (χ0n) is 12.1. The Labute approximate surface area is 115 Å². The largest absolute Gasteiger partial charge is 0.466 e. The van der Waals surface area contributed by atoms with Crippen LogP contribution in [0.2, 0.25) is 0 Å². The summed E-state index contributed by atoms with van der Waals surface area (Å²) in [5, 5.41) is 3.35. The van der Waals surface area contributed by atoms with Crippen molar-refractivity contribution in [1.82, 2.24) is 15.1 Å². The summed E-state index contributed by atoms with van der Waals surface area (Å²) in [4.78, 5) is 26.4. The van der Waals surface area contributed by atoms with Crippen molar-refractivity contribution in [2.75, 3.05) is 40.3 Å². The fourth-order valence-corrected chi connectivity index (χ4v) is 2.17. The summed E-state index contributed by atoms with van der Waals surface area (Å²) in [6.45, 7) is 4.43. The molecular weight excluding hydrogens is 246 g/mol. The molecule has 0 aliphatic carbocycles. The monoisotopic (exact) mass is 271 g/mol. The van der Waals surface area contributed by atoms with Gasteiger partial charge in [0.25, 0.3) is 0 Å². The molecule has 0 radical (unpaired) electrons. The number of urea groups is 1. The number of hydrogen-bond donors (Lipinski definition) is 1. The fraction of sp³-hybridized carbons (Fsp3) is 0.846. The second kappa shape index (κ2) is 7.99. The summed E-state index contributed by atoms with van der Waals surface area (Å²) >= 11 is 0. The van der Waals surface area contributed by atoms with Crippen LogP contribution < -0.4 is 5.32 Å². The van der Waals surface area contributed by atoms with E-state index < -0.39 is 0 Å². The number of likely N-dealkylation sites (tertiary alicyclic amines) is 1. The molecule has 6 heteroatoms. The maximum atomic E-state index is 11.8. The van der Waals surface area contributed by atoms with Crippen LogP contribution in [-0.4, -0.2) is 68.2 Å². The van der Waals surface area contributed by atoms with Crippen LogP contribution in [0.15, 0.2) is 0 Å². The Kier molecular flexibility index (Phi) is 6.62. The summed E-state index contributed by atoms with van der Waals surface area (Å²) in [5.41, 5.74) is 0. The van der Waals surface area contributed by atoms with E-state index >= 15 is 0 Å². The van der Waals surface area contributed by atoms with E-state index in [2.05, 4.69) is 5.32 Å². The minimum absolute atomic E-state index is 0.0740. The minimum Gasteiger partial charge on any atom is -0.466 e. The van der Waals surface area contributed by atoms with Crippen molar-refractivity contribution >= 4 is 12.0 Å². The number of carbonyl (C=O) groups excluding carboxylic acids is 2. The molecule has 0 unspecified atom stereocenters. The number of esters is 1. The number of nitrogens with zero attached hydrogens (tertiary/aromatic N) is 2. The second-order valence-corrected chi connectivity index (χ2v) is 4.95. The summed E-state index contributed by atoms with van der Waals surface area (Å²) in [7, 11) is 3.54. The van der Waals surface area contributed by atoms with Crippen LogP contribution in [0.25, 0.3) is 0 Å². The first-order valence-electron chi connectivity index (χ1n) is 6.89. The molecule has 1 fully saturated rings. The fourth-order valence-electron chi connectivity index (χ4n) is 2.17. The van der Waals surface area contributed by atoms with Gasteiger partial charge in [0.2, 0.25) is 0 Å². The highest BCUT2D eigenvalue weighted by molar-refractivity contribution is 5.73. The third kappa shape index (κ3) is 5.46. The van der Waals surface area contributed by atoms with Crippen molar-refractivity contribution in [3.63, 3.8) is 0 Å². The van der Waals surface area contributed by atoms with Crippen molar-refractivity contribution in [1.29, 1.82) is 0 Å². The van der Waals surface area contributed by atoms with Crippen molar-refractivity contribution in [2.45, 2.75) is 32.2 Å². The summed E-state index contributed by atoms with van der Waals surface area (Å²) in [5.74, 6) is -0.157. The van der Waals surface area contributed by atoms with Gasteiger partial charge in [0, 0.05) is 39.8 Å².